The molecular weight excluding hydrogens is 264 g/mol. The first-order valence-electron chi connectivity index (χ1n) is 7.89. The van der Waals surface area contributed by atoms with E-state index in [0.717, 1.165) is 19.3 Å². The van der Waals surface area contributed by atoms with Crippen LogP contribution in [-0.2, 0) is 14.3 Å². The molecule has 0 unspecified atom stereocenters. The number of carbonyl (C=O) groups excluding carboxylic acids is 2. The number of rotatable bonds is 3. The van der Waals surface area contributed by atoms with Crippen LogP contribution in [0.5, 0.6) is 0 Å². The summed E-state index contributed by atoms with van der Waals surface area (Å²) in [5, 5.41) is 0. The van der Waals surface area contributed by atoms with Gasteiger partial charge in [0.15, 0.2) is 5.78 Å². The lowest BCUT2D eigenvalue weighted by Gasteiger charge is -2.59. The molecule has 3 nitrogen and oxygen atoms in total. The topological polar surface area (TPSA) is 43.4 Å². The van der Waals surface area contributed by atoms with Gasteiger partial charge in [0.25, 0.3) is 0 Å². The van der Waals surface area contributed by atoms with Gasteiger partial charge >= 0.3 is 5.97 Å². The summed E-state index contributed by atoms with van der Waals surface area (Å²) in [6, 6.07) is 0. The molecule has 0 aliphatic heterocycles. The van der Waals surface area contributed by atoms with Crippen molar-refractivity contribution in [2.45, 2.75) is 45.4 Å². The number of hydrogen-bond acceptors (Lipinski definition) is 3. The van der Waals surface area contributed by atoms with E-state index in [9.17, 15) is 9.59 Å². The monoisotopic (exact) mass is 288 g/mol. The Morgan fingerprint density at radius 3 is 2.95 bits per heavy atom. The van der Waals surface area contributed by atoms with E-state index in [0.29, 0.717) is 24.7 Å². The summed E-state index contributed by atoms with van der Waals surface area (Å²) >= 11 is 0. The Labute approximate surface area is 126 Å². The highest BCUT2D eigenvalue weighted by molar-refractivity contribution is 5.96. The summed E-state index contributed by atoms with van der Waals surface area (Å²) in [5.41, 5.74) is 1.03. The van der Waals surface area contributed by atoms with Crippen LogP contribution in [0, 0.1) is 22.7 Å². The van der Waals surface area contributed by atoms with Gasteiger partial charge in [-0.1, -0.05) is 25.2 Å². The fraction of sp³-hybridized carbons (Fsp3) is 0.667. The van der Waals surface area contributed by atoms with E-state index in [1.165, 1.54) is 19.1 Å². The minimum absolute atomic E-state index is 0.102. The first kappa shape index (κ1) is 14.6. The van der Waals surface area contributed by atoms with E-state index >= 15 is 0 Å². The van der Waals surface area contributed by atoms with Crippen molar-refractivity contribution in [3.63, 3.8) is 0 Å². The molecule has 1 spiro atoms. The Bertz CT molecular complexity index is 533. The molecular formula is C18H24O3. The lowest BCUT2D eigenvalue weighted by molar-refractivity contribution is -0.144. The lowest BCUT2D eigenvalue weighted by Crippen LogP contribution is -2.54. The predicted molar refractivity (Wildman–Crippen MR) is 80.5 cm³/mol. The third kappa shape index (κ3) is 2.09. The average Bonchev–Trinajstić information content (AvgIpc) is 2.49. The highest BCUT2D eigenvalue weighted by Gasteiger charge is 2.58. The van der Waals surface area contributed by atoms with E-state index in [2.05, 4.69) is 19.6 Å². The zero-order valence-electron chi connectivity index (χ0n) is 13.0. The summed E-state index contributed by atoms with van der Waals surface area (Å²) in [6.07, 6.45) is 9.25. The van der Waals surface area contributed by atoms with Gasteiger partial charge in [-0.2, -0.15) is 0 Å². The fourth-order valence-electron chi connectivity index (χ4n) is 4.92. The third-order valence-corrected chi connectivity index (χ3v) is 6.28. The van der Waals surface area contributed by atoms with Crippen molar-refractivity contribution in [1.29, 1.82) is 0 Å². The molecule has 0 aromatic carbocycles. The number of hydrogen-bond donors (Lipinski definition) is 0. The number of allylic oxidation sites excluding steroid dienone is 3. The normalized spacial score (nSPS) is 41.0. The second-order valence-corrected chi connectivity index (χ2v) is 7.28. The first-order valence-corrected chi connectivity index (χ1v) is 7.89. The maximum atomic E-state index is 12.6. The van der Waals surface area contributed by atoms with Crippen LogP contribution in [0.1, 0.15) is 45.4 Å². The Balaban J connectivity index is 1.91. The number of carbonyl (C=O) groups is 2. The van der Waals surface area contributed by atoms with Gasteiger partial charge in [0.1, 0.15) is 0 Å². The molecule has 0 aromatic heterocycles. The molecule has 0 heterocycles. The van der Waals surface area contributed by atoms with E-state index in [-0.39, 0.29) is 17.2 Å². The Morgan fingerprint density at radius 1 is 1.52 bits per heavy atom. The van der Waals surface area contributed by atoms with Gasteiger partial charge in [0.05, 0.1) is 7.11 Å². The second-order valence-electron chi connectivity index (χ2n) is 7.28. The molecule has 4 aliphatic rings. The summed E-state index contributed by atoms with van der Waals surface area (Å²) in [5.74, 6) is 0.864. The molecule has 3 fully saturated rings. The lowest BCUT2D eigenvalue weighted by atomic mass is 9.44. The van der Waals surface area contributed by atoms with Crippen LogP contribution in [0.4, 0.5) is 0 Å². The van der Waals surface area contributed by atoms with Crippen LogP contribution in [-0.4, -0.2) is 18.9 Å². The van der Waals surface area contributed by atoms with Crippen LogP contribution in [0.3, 0.4) is 0 Å². The molecule has 2 bridgehead atoms. The molecule has 4 aliphatic carbocycles. The molecule has 21 heavy (non-hydrogen) atoms. The number of ether oxygens (including phenoxy) is 1. The van der Waals surface area contributed by atoms with Gasteiger partial charge in [-0.15, -0.1) is 0 Å². The van der Waals surface area contributed by atoms with Crippen LogP contribution in [0.15, 0.2) is 24.3 Å². The third-order valence-electron chi connectivity index (χ3n) is 6.28. The summed E-state index contributed by atoms with van der Waals surface area (Å²) in [6.45, 7) is 6.30. The Morgan fingerprint density at radius 2 is 2.29 bits per heavy atom. The van der Waals surface area contributed by atoms with Crippen molar-refractivity contribution in [2.75, 3.05) is 7.11 Å². The van der Waals surface area contributed by atoms with Gasteiger partial charge < -0.3 is 4.74 Å². The van der Waals surface area contributed by atoms with Gasteiger partial charge in [-0.3, -0.25) is 9.59 Å². The SMILES string of the molecule is C=C1C[C@@]23C=CC(=O)[C@@](C)(CCC(=O)OC)[C@@H]2C[C@@H]1CC3. The molecule has 114 valence electrons. The fourth-order valence-corrected chi connectivity index (χ4v) is 4.92. The first-order chi connectivity index (χ1) is 9.91. The van der Waals surface area contributed by atoms with Gasteiger partial charge in [-0.25, -0.2) is 0 Å². The van der Waals surface area contributed by atoms with Gasteiger partial charge in [0, 0.05) is 11.8 Å². The number of methoxy groups -OCH3 is 1. The number of esters is 1. The summed E-state index contributed by atoms with van der Waals surface area (Å²) < 4.78 is 4.75. The molecule has 4 rings (SSSR count). The minimum Gasteiger partial charge on any atom is -0.469 e. The van der Waals surface area contributed by atoms with Crippen molar-refractivity contribution in [3.8, 4) is 0 Å². The Kier molecular flexibility index (Phi) is 3.34. The van der Waals surface area contributed by atoms with Gasteiger partial charge in [0.2, 0.25) is 0 Å². The maximum Gasteiger partial charge on any atom is 0.305 e. The van der Waals surface area contributed by atoms with Crippen LogP contribution in [0.25, 0.3) is 0 Å². The van der Waals surface area contributed by atoms with Crippen molar-refractivity contribution in [1.82, 2.24) is 0 Å². The van der Waals surface area contributed by atoms with Crippen LogP contribution in [0.2, 0.25) is 0 Å². The predicted octanol–water partition coefficient (Wildman–Crippen LogP) is 3.45. The molecule has 0 radical (unpaired) electrons. The van der Waals surface area contributed by atoms with Gasteiger partial charge in [-0.05, 0) is 55.4 Å². The molecule has 3 heteroatoms. The molecule has 0 aromatic rings. The Hall–Kier alpha value is -1.38. The van der Waals surface area contributed by atoms with E-state index < -0.39 is 5.41 Å². The molecule has 0 amide bonds. The highest BCUT2D eigenvalue weighted by atomic mass is 16.5. The number of ketones is 1. The van der Waals surface area contributed by atoms with Crippen LogP contribution < -0.4 is 0 Å². The largest absolute Gasteiger partial charge is 0.469 e. The van der Waals surface area contributed by atoms with E-state index in [1.54, 1.807) is 6.08 Å². The quantitative estimate of drug-likeness (QED) is 0.590. The zero-order valence-corrected chi connectivity index (χ0v) is 13.0. The maximum absolute atomic E-state index is 12.6. The van der Waals surface area contributed by atoms with Crippen molar-refractivity contribution < 1.29 is 14.3 Å². The molecule has 4 atom stereocenters. The number of fused-ring (bicyclic) bond motifs is 2. The smallest absolute Gasteiger partial charge is 0.305 e. The minimum atomic E-state index is -0.428. The van der Waals surface area contributed by atoms with E-state index in [1.807, 2.05) is 0 Å². The van der Waals surface area contributed by atoms with Crippen molar-refractivity contribution in [3.05, 3.63) is 24.3 Å². The standard InChI is InChI=1S/C18H24O3/c1-12-11-18-8-4-13(12)10-14(18)17(2,15(19)5-9-18)7-6-16(20)21-3/h5,9,13-14H,1,4,6-8,10-11H2,2-3H3/t13-,14-,17-,18+/m0/s1. The zero-order chi connectivity index (χ0) is 15.3. The molecule has 0 saturated heterocycles. The molecule has 3 saturated carbocycles. The summed E-state index contributed by atoms with van der Waals surface area (Å²) in [4.78, 5) is 24.1. The van der Waals surface area contributed by atoms with Crippen molar-refractivity contribution >= 4 is 11.8 Å². The summed E-state index contributed by atoms with van der Waals surface area (Å²) in [7, 11) is 1.40. The molecule has 0 N–H and O–H groups in total. The van der Waals surface area contributed by atoms with Crippen LogP contribution >= 0.6 is 0 Å². The average molecular weight is 288 g/mol. The van der Waals surface area contributed by atoms with E-state index in [4.69, 9.17) is 4.74 Å². The second kappa shape index (κ2) is 4.82. The highest BCUT2D eigenvalue weighted by Crippen LogP contribution is 2.64. The van der Waals surface area contributed by atoms with Crippen molar-refractivity contribution in [2.24, 2.45) is 22.7 Å².